The second kappa shape index (κ2) is 9.72. The minimum atomic E-state index is -5.08. The number of fused-ring (bicyclic) bond motifs is 1. The monoisotopic (exact) mass is 493 g/mol. The number of aromatic nitrogens is 1. The fourth-order valence-corrected chi connectivity index (χ4v) is 3.59. The van der Waals surface area contributed by atoms with E-state index in [1.807, 2.05) is 0 Å². The molecule has 4 N–H and O–H groups in total. The van der Waals surface area contributed by atoms with Gasteiger partial charge >= 0.3 is 18.1 Å². The second-order valence-electron chi connectivity index (χ2n) is 6.56. The largest absolute Gasteiger partial charge is 0.490 e. The molecule has 1 aromatic carbocycles. The van der Waals surface area contributed by atoms with Crippen LogP contribution in [-0.4, -0.2) is 50.7 Å². The van der Waals surface area contributed by atoms with E-state index in [2.05, 4.69) is 4.98 Å². The average Bonchev–Trinajstić information content (AvgIpc) is 2.95. The Morgan fingerprint density at radius 2 is 1.81 bits per heavy atom. The minimum absolute atomic E-state index is 0.143. The Morgan fingerprint density at radius 1 is 1.22 bits per heavy atom. The molecule has 0 fully saturated rings. The fraction of sp³-hybridized carbons (Fsp3) is 0.263. The highest BCUT2D eigenvalue weighted by Gasteiger charge is 2.38. The van der Waals surface area contributed by atoms with Crippen LogP contribution in [0.3, 0.4) is 0 Å². The van der Waals surface area contributed by atoms with Gasteiger partial charge in [0, 0.05) is 33.4 Å². The number of carboxylic acid groups (broad SMARTS) is 2. The fourth-order valence-electron chi connectivity index (χ4n) is 3.09. The molecule has 8 nitrogen and oxygen atoms in total. The number of carbonyl (C=O) groups excluding carboxylic acids is 1. The van der Waals surface area contributed by atoms with E-state index in [9.17, 15) is 22.8 Å². The molecule has 0 bridgehead atoms. The smallest absolute Gasteiger partial charge is 0.480 e. The molecule has 13 heteroatoms. The first-order valence-electron chi connectivity index (χ1n) is 8.76. The van der Waals surface area contributed by atoms with Crippen LogP contribution in [0.25, 0.3) is 11.1 Å². The van der Waals surface area contributed by atoms with Gasteiger partial charge in [-0.05, 0) is 24.6 Å². The normalized spacial score (nSPS) is 12.8. The summed E-state index contributed by atoms with van der Waals surface area (Å²) in [6.07, 6.45) is -5.08. The van der Waals surface area contributed by atoms with E-state index in [0.717, 1.165) is 0 Å². The number of amides is 1. The lowest BCUT2D eigenvalue weighted by Gasteiger charge is -2.16. The lowest BCUT2D eigenvalue weighted by atomic mass is 9.93. The Balaban J connectivity index is 0.000000451. The highest BCUT2D eigenvalue weighted by Crippen LogP contribution is 2.39. The lowest BCUT2D eigenvalue weighted by Crippen LogP contribution is -2.30. The Bertz CT molecular complexity index is 1090. The predicted octanol–water partition coefficient (Wildman–Crippen LogP) is 3.50. The third-order valence-corrected chi connectivity index (χ3v) is 4.94. The Morgan fingerprint density at radius 3 is 2.28 bits per heavy atom. The van der Waals surface area contributed by atoms with Crippen LogP contribution in [0.4, 0.5) is 13.2 Å². The van der Waals surface area contributed by atoms with Crippen LogP contribution in [0, 0.1) is 6.92 Å². The van der Waals surface area contributed by atoms with Crippen LogP contribution in [0.15, 0.2) is 18.2 Å². The van der Waals surface area contributed by atoms with Gasteiger partial charge in [0.1, 0.15) is 6.54 Å². The van der Waals surface area contributed by atoms with Gasteiger partial charge in [0.2, 0.25) is 0 Å². The van der Waals surface area contributed by atoms with Crippen molar-refractivity contribution >= 4 is 41.0 Å². The zero-order valence-electron chi connectivity index (χ0n) is 16.3. The van der Waals surface area contributed by atoms with Crippen molar-refractivity contribution in [3.63, 3.8) is 0 Å². The Labute approximate surface area is 189 Å². The predicted molar refractivity (Wildman–Crippen MR) is 108 cm³/mol. The number of benzene rings is 1. The molecule has 1 aromatic heterocycles. The molecule has 2 aromatic rings. The minimum Gasteiger partial charge on any atom is -0.480 e. The summed E-state index contributed by atoms with van der Waals surface area (Å²) in [6.45, 7) is 1.73. The van der Waals surface area contributed by atoms with Gasteiger partial charge in [-0.15, -0.1) is 0 Å². The van der Waals surface area contributed by atoms with E-state index in [1.54, 1.807) is 25.1 Å². The lowest BCUT2D eigenvalue weighted by molar-refractivity contribution is -0.192. The summed E-state index contributed by atoms with van der Waals surface area (Å²) in [6, 6.07) is 5.00. The summed E-state index contributed by atoms with van der Waals surface area (Å²) in [5, 5.41) is 17.0. The van der Waals surface area contributed by atoms with Crippen molar-refractivity contribution in [1.29, 1.82) is 0 Å². The molecule has 0 unspecified atom stereocenters. The number of alkyl halides is 3. The molecule has 0 atom stereocenters. The highest BCUT2D eigenvalue weighted by molar-refractivity contribution is 6.36. The second-order valence-corrected chi connectivity index (χ2v) is 7.40. The van der Waals surface area contributed by atoms with Crippen molar-refractivity contribution in [2.24, 2.45) is 5.73 Å². The van der Waals surface area contributed by atoms with Gasteiger partial charge < -0.3 is 20.8 Å². The standard InChI is InChI=1S/C17H15Cl2N3O3.C2HF3O2/c1-8-11(5-20)15(10-3-2-9(18)4-12(10)19)16-13(21-8)6-22(17(16)25)7-14(23)24;3-2(4,5)1(6)7/h2-4H,5-7,20H2,1H3,(H,23,24);(H,6,7). The summed E-state index contributed by atoms with van der Waals surface area (Å²) in [5.74, 6) is -4.23. The maximum absolute atomic E-state index is 12.8. The van der Waals surface area contributed by atoms with E-state index in [1.165, 1.54) is 4.90 Å². The Hall–Kier alpha value is -2.89. The number of rotatable bonds is 4. The van der Waals surface area contributed by atoms with Crippen LogP contribution < -0.4 is 5.73 Å². The van der Waals surface area contributed by atoms with Gasteiger partial charge in [0.25, 0.3) is 5.91 Å². The van der Waals surface area contributed by atoms with Crippen LogP contribution in [0.5, 0.6) is 0 Å². The van der Waals surface area contributed by atoms with Crippen molar-refractivity contribution in [1.82, 2.24) is 9.88 Å². The molecule has 0 spiro atoms. The number of nitrogens with zero attached hydrogens (tertiary/aromatic N) is 2. The van der Waals surface area contributed by atoms with E-state index in [4.69, 9.17) is 43.9 Å². The molecular weight excluding hydrogens is 478 g/mol. The van der Waals surface area contributed by atoms with Gasteiger partial charge in [0.15, 0.2) is 0 Å². The third kappa shape index (κ3) is 5.47. The Kier molecular flexibility index (Phi) is 7.70. The molecule has 3 rings (SSSR count). The van der Waals surface area contributed by atoms with Crippen LogP contribution in [0.2, 0.25) is 10.0 Å². The van der Waals surface area contributed by atoms with Crippen molar-refractivity contribution in [3.8, 4) is 11.1 Å². The summed E-state index contributed by atoms with van der Waals surface area (Å²) < 4.78 is 31.7. The molecule has 1 aliphatic heterocycles. The summed E-state index contributed by atoms with van der Waals surface area (Å²) in [4.78, 5) is 38.4. The molecule has 1 aliphatic rings. The molecule has 0 radical (unpaired) electrons. The molecule has 172 valence electrons. The number of hydrogen-bond acceptors (Lipinski definition) is 5. The highest BCUT2D eigenvalue weighted by atomic mass is 35.5. The number of aliphatic carboxylic acids is 2. The SMILES string of the molecule is Cc1nc2c(c(-c3ccc(Cl)cc3Cl)c1CN)C(=O)N(CC(=O)O)C2.O=C(O)C(F)(F)F. The van der Waals surface area contributed by atoms with E-state index >= 15 is 0 Å². The molecule has 0 saturated carbocycles. The molecule has 0 aliphatic carbocycles. The number of hydrogen-bond donors (Lipinski definition) is 3. The van der Waals surface area contributed by atoms with Gasteiger partial charge in [-0.1, -0.05) is 29.3 Å². The van der Waals surface area contributed by atoms with Crippen molar-refractivity contribution in [2.45, 2.75) is 26.2 Å². The van der Waals surface area contributed by atoms with Crippen LogP contribution >= 0.6 is 23.2 Å². The zero-order valence-corrected chi connectivity index (χ0v) is 17.8. The van der Waals surface area contributed by atoms with Gasteiger partial charge in [-0.2, -0.15) is 13.2 Å². The average molecular weight is 494 g/mol. The number of aryl methyl sites for hydroxylation is 1. The van der Waals surface area contributed by atoms with Crippen LogP contribution in [0.1, 0.15) is 27.3 Å². The molecule has 0 saturated heterocycles. The van der Waals surface area contributed by atoms with Gasteiger partial charge in [-0.3, -0.25) is 14.6 Å². The van der Waals surface area contributed by atoms with Crippen molar-refractivity contribution < 1.29 is 37.8 Å². The quantitative estimate of drug-likeness (QED) is 0.593. The summed E-state index contributed by atoms with van der Waals surface area (Å²) in [5.41, 5.74) is 9.40. The number of carbonyl (C=O) groups is 3. The first-order valence-corrected chi connectivity index (χ1v) is 9.52. The maximum Gasteiger partial charge on any atom is 0.490 e. The van der Waals surface area contributed by atoms with E-state index in [-0.39, 0.29) is 25.5 Å². The maximum atomic E-state index is 12.8. The molecule has 1 amide bonds. The van der Waals surface area contributed by atoms with Gasteiger partial charge in [-0.25, -0.2) is 4.79 Å². The van der Waals surface area contributed by atoms with E-state index in [0.29, 0.717) is 43.7 Å². The topological polar surface area (TPSA) is 134 Å². The molecular formula is C19H16Cl2F3N3O5. The summed E-state index contributed by atoms with van der Waals surface area (Å²) >= 11 is 12.3. The first-order chi connectivity index (χ1) is 14.8. The third-order valence-electron chi connectivity index (χ3n) is 4.39. The summed E-state index contributed by atoms with van der Waals surface area (Å²) in [7, 11) is 0. The van der Waals surface area contributed by atoms with Crippen molar-refractivity contribution in [2.75, 3.05) is 6.54 Å². The van der Waals surface area contributed by atoms with E-state index < -0.39 is 18.1 Å². The number of nitrogens with two attached hydrogens (primary N) is 1. The molecule has 2 heterocycles. The number of carboxylic acids is 2. The van der Waals surface area contributed by atoms with Gasteiger partial charge in [0.05, 0.1) is 17.8 Å². The number of pyridine rings is 1. The van der Waals surface area contributed by atoms with Crippen LogP contribution in [-0.2, 0) is 22.7 Å². The number of halogens is 5. The molecule has 32 heavy (non-hydrogen) atoms. The first kappa shape index (κ1) is 25.4. The van der Waals surface area contributed by atoms with Crippen molar-refractivity contribution in [3.05, 3.63) is 50.8 Å². The zero-order chi connectivity index (χ0) is 24.4.